The van der Waals surface area contributed by atoms with Gasteiger partial charge in [0.05, 0.1) is 0 Å². The Labute approximate surface area is 118 Å². The van der Waals surface area contributed by atoms with Crippen LogP contribution in [0.25, 0.3) is 0 Å². The Kier molecular flexibility index (Phi) is 3.56. The van der Waals surface area contributed by atoms with Crippen molar-refractivity contribution in [2.75, 3.05) is 5.88 Å². The van der Waals surface area contributed by atoms with Gasteiger partial charge in [0.2, 0.25) is 0 Å². The second kappa shape index (κ2) is 5.34. The molecule has 0 radical (unpaired) electrons. The highest BCUT2D eigenvalue weighted by Crippen LogP contribution is 2.55. The van der Waals surface area contributed by atoms with Crippen LogP contribution in [0.1, 0.15) is 29.4 Å². The Bertz CT molecular complexity index is 535. The van der Waals surface area contributed by atoms with Crippen LogP contribution >= 0.6 is 11.6 Å². The lowest BCUT2D eigenvalue weighted by molar-refractivity contribution is 0.618. The van der Waals surface area contributed by atoms with Gasteiger partial charge in [-0.3, -0.25) is 0 Å². The van der Waals surface area contributed by atoms with E-state index in [0.29, 0.717) is 23.6 Å². The van der Waals surface area contributed by atoms with Gasteiger partial charge >= 0.3 is 0 Å². The number of alkyl halides is 1. The molecule has 0 N–H and O–H groups in total. The molecular weight excluding hydrogens is 259 g/mol. The van der Waals surface area contributed by atoms with E-state index in [1.54, 1.807) is 0 Å². The van der Waals surface area contributed by atoms with E-state index in [1.807, 2.05) is 18.2 Å². The van der Waals surface area contributed by atoms with Gasteiger partial charge in [0.25, 0.3) is 0 Å². The van der Waals surface area contributed by atoms with Crippen molar-refractivity contribution < 1.29 is 4.39 Å². The number of benzene rings is 2. The van der Waals surface area contributed by atoms with E-state index >= 15 is 0 Å². The molecule has 0 saturated heterocycles. The lowest BCUT2D eigenvalue weighted by Gasteiger charge is -2.14. The maximum Gasteiger partial charge on any atom is 0.123 e. The van der Waals surface area contributed by atoms with E-state index in [0.717, 1.165) is 5.56 Å². The summed E-state index contributed by atoms with van der Waals surface area (Å²) in [4.78, 5) is 0. The van der Waals surface area contributed by atoms with Crippen LogP contribution in [0.5, 0.6) is 0 Å². The molecule has 0 nitrogen and oxygen atoms in total. The maximum atomic E-state index is 13.0. The van der Waals surface area contributed by atoms with Crippen molar-refractivity contribution >= 4 is 11.6 Å². The summed E-state index contributed by atoms with van der Waals surface area (Å²) in [6.07, 6.45) is 1.18. The molecule has 1 aliphatic rings. The van der Waals surface area contributed by atoms with E-state index in [-0.39, 0.29) is 5.82 Å². The summed E-state index contributed by atoms with van der Waals surface area (Å²) in [5, 5.41) is 0. The molecule has 0 spiro atoms. The number of halogens is 2. The molecule has 2 aromatic rings. The van der Waals surface area contributed by atoms with Gasteiger partial charge in [-0.25, -0.2) is 4.39 Å². The Morgan fingerprint density at radius 3 is 2.37 bits per heavy atom. The van der Waals surface area contributed by atoms with E-state index in [2.05, 4.69) is 24.3 Å². The first-order chi connectivity index (χ1) is 9.29. The van der Waals surface area contributed by atoms with Crippen LogP contribution in [0.3, 0.4) is 0 Å². The fourth-order valence-corrected chi connectivity index (χ4v) is 3.31. The van der Waals surface area contributed by atoms with Gasteiger partial charge in [0.15, 0.2) is 0 Å². The van der Waals surface area contributed by atoms with E-state index in [9.17, 15) is 4.39 Å². The lowest BCUT2D eigenvalue weighted by Crippen LogP contribution is -2.04. The third-order valence-corrected chi connectivity index (χ3v) is 4.38. The van der Waals surface area contributed by atoms with Gasteiger partial charge in [-0.2, -0.15) is 0 Å². The molecule has 1 aliphatic carbocycles. The summed E-state index contributed by atoms with van der Waals surface area (Å²) in [6, 6.07) is 17.3. The molecular formula is C17H16ClF. The zero-order valence-electron chi connectivity index (χ0n) is 10.6. The molecule has 2 aromatic carbocycles. The van der Waals surface area contributed by atoms with Crippen molar-refractivity contribution in [1.82, 2.24) is 0 Å². The molecule has 98 valence electrons. The quantitative estimate of drug-likeness (QED) is 0.692. The highest BCUT2D eigenvalue weighted by molar-refractivity contribution is 6.18. The van der Waals surface area contributed by atoms with E-state index in [1.165, 1.54) is 24.1 Å². The molecule has 19 heavy (non-hydrogen) atoms. The van der Waals surface area contributed by atoms with E-state index in [4.69, 9.17) is 11.6 Å². The minimum atomic E-state index is -0.188. The second-order valence-corrected chi connectivity index (χ2v) is 5.54. The van der Waals surface area contributed by atoms with Gasteiger partial charge in [0.1, 0.15) is 5.82 Å². The Hall–Kier alpha value is -1.34. The molecule has 2 heteroatoms. The normalized spacial score (nSPS) is 23.1. The molecule has 0 aliphatic heterocycles. The standard InChI is InChI=1S/C17H16ClF/c18-11-17(13-6-8-14(19)9-7-13)16-10-15(16)12-4-2-1-3-5-12/h1-9,15-17H,10-11H2. The zero-order valence-corrected chi connectivity index (χ0v) is 11.4. The van der Waals surface area contributed by atoms with Crippen molar-refractivity contribution in [2.24, 2.45) is 5.92 Å². The summed E-state index contributed by atoms with van der Waals surface area (Å²) in [6.45, 7) is 0. The monoisotopic (exact) mass is 274 g/mol. The summed E-state index contributed by atoms with van der Waals surface area (Å²) in [5.41, 5.74) is 2.55. The smallest absolute Gasteiger partial charge is 0.123 e. The van der Waals surface area contributed by atoms with Gasteiger partial charge in [-0.05, 0) is 41.5 Å². The Morgan fingerprint density at radius 1 is 1.05 bits per heavy atom. The highest BCUT2D eigenvalue weighted by atomic mass is 35.5. The molecule has 3 rings (SSSR count). The first-order valence-corrected chi connectivity index (χ1v) is 7.19. The molecule has 0 heterocycles. The highest BCUT2D eigenvalue weighted by Gasteiger charge is 2.43. The molecule has 0 bridgehead atoms. The third kappa shape index (κ3) is 2.66. The largest absolute Gasteiger partial charge is 0.207 e. The predicted octanol–water partition coefficient (Wildman–Crippen LogP) is 4.95. The molecule has 3 atom stereocenters. The third-order valence-electron chi connectivity index (χ3n) is 4.05. The van der Waals surface area contributed by atoms with Crippen LogP contribution in [-0.4, -0.2) is 5.88 Å². The predicted molar refractivity (Wildman–Crippen MR) is 77.2 cm³/mol. The van der Waals surface area contributed by atoms with Gasteiger partial charge in [-0.1, -0.05) is 42.5 Å². The number of hydrogen-bond acceptors (Lipinski definition) is 0. The summed E-state index contributed by atoms with van der Waals surface area (Å²) < 4.78 is 13.0. The summed E-state index contributed by atoms with van der Waals surface area (Å²) in [7, 11) is 0. The van der Waals surface area contributed by atoms with Crippen LogP contribution in [0.15, 0.2) is 54.6 Å². The first-order valence-electron chi connectivity index (χ1n) is 6.66. The van der Waals surface area contributed by atoms with Gasteiger partial charge in [0, 0.05) is 11.8 Å². The van der Waals surface area contributed by atoms with Crippen molar-refractivity contribution in [3.8, 4) is 0 Å². The molecule has 3 unspecified atom stereocenters. The molecule has 1 fully saturated rings. The van der Waals surface area contributed by atoms with Crippen LogP contribution in [-0.2, 0) is 0 Å². The van der Waals surface area contributed by atoms with Crippen LogP contribution in [0, 0.1) is 11.7 Å². The molecule has 1 saturated carbocycles. The van der Waals surface area contributed by atoms with Crippen LogP contribution in [0.4, 0.5) is 4.39 Å². The van der Waals surface area contributed by atoms with Crippen LogP contribution < -0.4 is 0 Å². The maximum absolute atomic E-state index is 13.0. The number of hydrogen-bond donors (Lipinski definition) is 0. The minimum Gasteiger partial charge on any atom is -0.207 e. The fraction of sp³-hybridized carbons (Fsp3) is 0.294. The summed E-state index contributed by atoms with van der Waals surface area (Å²) >= 11 is 6.14. The SMILES string of the molecule is Fc1ccc(C(CCl)C2CC2c2ccccc2)cc1. The lowest BCUT2D eigenvalue weighted by atomic mass is 9.93. The minimum absolute atomic E-state index is 0.188. The zero-order chi connectivity index (χ0) is 13.2. The van der Waals surface area contributed by atoms with Crippen molar-refractivity contribution in [3.63, 3.8) is 0 Å². The fourth-order valence-electron chi connectivity index (χ4n) is 2.90. The van der Waals surface area contributed by atoms with Gasteiger partial charge < -0.3 is 0 Å². The first kappa shape index (κ1) is 12.7. The van der Waals surface area contributed by atoms with Gasteiger partial charge in [-0.15, -0.1) is 11.6 Å². The van der Waals surface area contributed by atoms with E-state index < -0.39 is 0 Å². The average molecular weight is 275 g/mol. The topological polar surface area (TPSA) is 0 Å². The summed E-state index contributed by atoms with van der Waals surface area (Å²) in [5.74, 6) is 1.93. The Morgan fingerprint density at radius 2 is 1.74 bits per heavy atom. The second-order valence-electron chi connectivity index (χ2n) is 5.23. The Balaban J connectivity index is 1.77. The molecule has 0 aromatic heterocycles. The van der Waals surface area contributed by atoms with Crippen molar-refractivity contribution in [3.05, 3.63) is 71.5 Å². The number of rotatable bonds is 4. The average Bonchev–Trinajstić information content (AvgIpc) is 3.23. The van der Waals surface area contributed by atoms with Crippen molar-refractivity contribution in [1.29, 1.82) is 0 Å². The van der Waals surface area contributed by atoms with Crippen LogP contribution in [0.2, 0.25) is 0 Å². The molecule has 0 amide bonds. The van der Waals surface area contributed by atoms with Crippen molar-refractivity contribution in [2.45, 2.75) is 18.3 Å².